The summed E-state index contributed by atoms with van der Waals surface area (Å²) in [6.07, 6.45) is 1.82. The number of carbonyl (C=O) groups is 1. The highest BCUT2D eigenvalue weighted by Gasteiger charge is 2.12. The average Bonchev–Trinajstić information content (AvgIpc) is 2.97. The SMILES string of the molecule is COC(=O)c1ccc(NCc2cncs2)cc1OC. The third-order valence-corrected chi connectivity index (χ3v) is 3.34. The largest absolute Gasteiger partial charge is 0.496 e. The van der Waals surface area contributed by atoms with E-state index in [1.807, 2.05) is 12.3 Å². The van der Waals surface area contributed by atoms with E-state index in [1.54, 1.807) is 29.0 Å². The summed E-state index contributed by atoms with van der Waals surface area (Å²) in [7, 11) is 2.87. The number of rotatable bonds is 5. The van der Waals surface area contributed by atoms with Crippen LogP contribution in [0, 0.1) is 0 Å². The molecular weight excluding hydrogens is 264 g/mol. The van der Waals surface area contributed by atoms with Gasteiger partial charge in [-0.05, 0) is 12.1 Å². The van der Waals surface area contributed by atoms with Gasteiger partial charge >= 0.3 is 5.97 Å². The number of aromatic nitrogens is 1. The zero-order valence-corrected chi connectivity index (χ0v) is 11.5. The molecule has 0 aliphatic carbocycles. The topological polar surface area (TPSA) is 60.5 Å². The Morgan fingerprint density at radius 3 is 2.89 bits per heavy atom. The summed E-state index contributed by atoms with van der Waals surface area (Å²) in [5, 5.41) is 3.24. The molecule has 5 nitrogen and oxygen atoms in total. The lowest BCUT2D eigenvalue weighted by atomic mass is 10.2. The molecule has 0 bridgehead atoms. The van der Waals surface area contributed by atoms with E-state index in [9.17, 15) is 4.79 Å². The van der Waals surface area contributed by atoms with Crippen molar-refractivity contribution < 1.29 is 14.3 Å². The normalized spacial score (nSPS) is 10.0. The van der Waals surface area contributed by atoms with Crippen molar-refractivity contribution in [2.24, 2.45) is 0 Å². The van der Waals surface area contributed by atoms with Crippen molar-refractivity contribution in [2.75, 3.05) is 19.5 Å². The Morgan fingerprint density at radius 2 is 2.26 bits per heavy atom. The van der Waals surface area contributed by atoms with Gasteiger partial charge in [0.05, 0.1) is 26.3 Å². The van der Waals surface area contributed by atoms with E-state index in [4.69, 9.17) is 9.47 Å². The molecule has 0 spiro atoms. The maximum atomic E-state index is 11.5. The Kier molecular flexibility index (Phi) is 4.35. The van der Waals surface area contributed by atoms with E-state index in [2.05, 4.69) is 10.3 Å². The van der Waals surface area contributed by atoms with E-state index in [0.29, 0.717) is 17.9 Å². The molecule has 0 atom stereocenters. The molecule has 0 radical (unpaired) electrons. The molecule has 1 N–H and O–H groups in total. The lowest BCUT2D eigenvalue weighted by Gasteiger charge is -2.10. The van der Waals surface area contributed by atoms with E-state index >= 15 is 0 Å². The molecule has 0 saturated carbocycles. The van der Waals surface area contributed by atoms with Crippen molar-refractivity contribution in [1.82, 2.24) is 4.98 Å². The number of benzene rings is 1. The fourth-order valence-electron chi connectivity index (χ4n) is 1.60. The highest BCUT2D eigenvalue weighted by Crippen LogP contribution is 2.24. The summed E-state index contributed by atoms with van der Waals surface area (Å²) in [4.78, 5) is 16.7. The van der Waals surface area contributed by atoms with Gasteiger partial charge in [0.2, 0.25) is 0 Å². The Hall–Kier alpha value is -2.08. The van der Waals surface area contributed by atoms with Crippen molar-refractivity contribution in [3.8, 4) is 5.75 Å². The molecule has 2 rings (SSSR count). The van der Waals surface area contributed by atoms with Crippen LogP contribution in [0.1, 0.15) is 15.2 Å². The summed E-state index contributed by atoms with van der Waals surface area (Å²) >= 11 is 1.58. The Balaban J connectivity index is 2.12. The minimum atomic E-state index is -0.411. The molecule has 19 heavy (non-hydrogen) atoms. The van der Waals surface area contributed by atoms with Crippen molar-refractivity contribution in [2.45, 2.75) is 6.54 Å². The van der Waals surface area contributed by atoms with Gasteiger partial charge in [-0.3, -0.25) is 4.98 Å². The van der Waals surface area contributed by atoms with Crippen LogP contribution in [-0.2, 0) is 11.3 Å². The lowest BCUT2D eigenvalue weighted by Crippen LogP contribution is -2.05. The average molecular weight is 278 g/mol. The summed E-state index contributed by atoms with van der Waals surface area (Å²) in [6, 6.07) is 5.27. The molecule has 1 heterocycles. The van der Waals surface area contributed by atoms with Gasteiger partial charge in [-0.25, -0.2) is 4.79 Å². The lowest BCUT2D eigenvalue weighted by molar-refractivity contribution is 0.0597. The zero-order chi connectivity index (χ0) is 13.7. The molecule has 1 aromatic heterocycles. The predicted molar refractivity (Wildman–Crippen MR) is 73.8 cm³/mol. The third kappa shape index (κ3) is 3.23. The number of esters is 1. The number of carbonyl (C=O) groups excluding carboxylic acids is 1. The van der Waals surface area contributed by atoms with E-state index in [-0.39, 0.29) is 0 Å². The second kappa shape index (κ2) is 6.19. The molecule has 0 saturated heterocycles. The molecule has 0 aliphatic rings. The molecule has 0 amide bonds. The number of hydrogen-bond donors (Lipinski definition) is 1. The first kappa shape index (κ1) is 13.4. The monoisotopic (exact) mass is 278 g/mol. The predicted octanol–water partition coefficient (Wildman–Crippen LogP) is 2.55. The molecular formula is C13H14N2O3S. The summed E-state index contributed by atoms with van der Waals surface area (Å²) in [6.45, 7) is 0.686. The van der Waals surface area contributed by atoms with Crippen molar-refractivity contribution >= 4 is 23.0 Å². The molecule has 1 aromatic carbocycles. The Bertz CT molecular complexity index is 555. The second-order valence-electron chi connectivity index (χ2n) is 3.73. The first-order chi connectivity index (χ1) is 9.24. The van der Waals surface area contributed by atoms with Crippen LogP contribution < -0.4 is 10.1 Å². The van der Waals surface area contributed by atoms with Crippen molar-refractivity contribution in [1.29, 1.82) is 0 Å². The van der Waals surface area contributed by atoms with Gasteiger partial charge in [-0.2, -0.15) is 0 Å². The molecule has 0 aliphatic heterocycles. The van der Waals surface area contributed by atoms with E-state index in [0.717, 1.165) is 10.6 Å². The molecule has 0 fully saturated rings. The molecule has 6 heteroatoms. The Morgan fingerprint density at radius 1 is 1.42 bits per heavy atom. The first-order valence-electron chi connectivity index (χ1n) is 5.62. The van der Waals surface area contributed by atoms with Crippen LogP contribution >= 0.6 is 11.3 Å². The van der Waals surface area contributed by atoms with Gasteiger partial charge in [-0.1, -0.05) is 0 Å². The fourth-order valence-corrected chi connectivity index (χ4v) is 2.13. The highest BCUT2D eigenvalue weighted by atomic mass is 32.1. The van der Waals surface area contributed by atoms with Crippen LogP contribution in [0.5, 0.6) is 5.75 Å². The molecule has 2 aromatic rings. The van der Waals surface area contributed by atoms with Gasteiger partial charge in [0.15, 0.2) is 0 Å². The Labute approximate surface area is 115 Å². The maximum Gasteiger partial charge on any atom is 0.341 e. The smallest absolute Gasteiger partial charge is 0.341 e. The van der Waals surface area contributed by atoms with Crippen LogP contribution in [0.2, 0.25) is 0 Å². The van der Waals surface area contributed by atoms with Crippen molar-refractivity contribution in [3.05, 3.63) is 40.3 Å². The second-order valence-corrected chi connectivity index (χ2v) is 4.70. The van der Waals surface area contributed by atoms with Crippen LogP contribution in [-0.4, -0.2) is 25.2 Å². The van der Waals surface area contributed by atoms with Gasteiger partial charge in [0, 0.05) is 22.8 Å². The van der Waals surface area contributed by atoms with Gasteiger partial charge in [0.1, 0.15) is 11.3 Å². The van der Waals surface area contributed by atoms with Gasteiger partial charge in [-0.15, -0.1) is 11.3 Å². The number of anilines is 1. The van der Waals surface area contributed by atoms with Crippen LogP contribution in [0.25, 0.3) is 0 Å². The highest BCUT2D eigenvalue weighted by molar-refractivity contribution is 7.09. The van der Waals surface area contributed by atoms with Gasteiger partial charge < -0.3 is 14.8 Å². The number of hydrogen-bond acceptors (Lipinski definition) is 6. The number of ether oxygens (including phenoxy) is 2. The van der Waals surface area contributed by atoms with Crippen LogP contribution in [0.4, 0.5) is 5.69 Å². The van der Waals surface area contributed by atoms with Crippen LogP contribution in [0.3, 0.4) is 0 Å². The minimum absolute atomic E-state index is 0.411. The van der Waals surface area contributed by atoms with Crippen molar-refractivity contribution in [3.63, 3.8) is 0 Å². The quantitative estimate of drug-likeness (QED) is 0.852. The van der Waals surface area contributed by atoms with E-state index < -0.39 is 5.97 Å². The zero-order valence-electron chi connectivity index (χ0n) is 10.7. The van der Waals surface area contributed by atoms with E-state index in [1.165, 1.54) is 14.2 Å². The third-order valence-electron chi connectivity index (χ3n) is 2.56. The minimum Gasteiger partial charge on any atom is -0.496 e. The van der Waals surface area contributed by atoms with Crippen LogP contribution in [0.15, 0.2) is 29.9 Å². The molecule has 100 valence electrons. The fraction of sp³-hybridized carbons (Fsp3) is 0.231. The number of methoxy groups -OCH3 is 2. The standard InChI is InChI=1S/C13H14N2O3S/c1-17-12-5-9(3-4-11(12)13(16)18-2)15-7-10-6-14-8-19-10/h3-6,8,15H,7H2,1-2H3. The number of thiazole rings is 1. The summed E-state index contributed by atoms with van der Waals surface area (Å²) in [5.74, 6) is 0.0759. The summed E-state index contributed by atoms with van der Waals surface area (Å²) < 4.78 is 9.89. The molecule has 0 unspecified atom stereocenters. The van der Waals surface area contributed by atoms with Gasteiger partial charge in [0.25, 0.3) is 0 Å². The summed E-state index contributed by atoms with van der Waals surface area (Å²) in [5.41, 5.74) is 3.07. The number of nitrogens with one attached hydrogen (secondary N) is 1. The first-order valence-corrected chi connectivity index (χ1v) is 6.50. The number of nitrogens with zero attached hydrogens (tertiary/aromatic N) is 1. The maximum absolute atomic E-state index is 11.5.